The number of hydrogen-bond donors (Lipinski definition) is 3. The third-order valence-electron chi connectivity index (χ3n) is 2.58. The summed E-state index contributed by atoms with van der Waals surface area (Å²) in [6, 6.07) is 3.41. The lowest BCUT2D eigenvalue weighted by Crippen LogP contribution is -2.37. The van der Waals surface area contributed by atoms with Gasteiger partial charge in [-0.15, -0.1) is 0 Å². The fraction of sp³-hybridized carbons (Fsp3) is 0.273. The summed E-state index contributed by atoms with van der Waals surface area (Å²) in [6.45, 7) is 0. The number of benzene rings is 1. The fourth-order valence-corrected chi connectivity index (χ4v) is 1.66. The van der Waals surface area contributed by atoms with Crippen LogP contribution in [0.2, 0.25) is 0 Å². The third-order valence-corrected chi connectivity index (χ3v) is 2.58. The maximum atomic E-state index is 12.9. The molecule has 1 aliphatic rings. The Balaban J connectivity index is 2.03. The summed E-state index contributed by atoms with van der Waals surface area (Å²) in [5.74, 6) is -0.984. The number of amides is 2. The molecule has 6 heteroatoms. The Labute approximate surface area is 97.2 Å². The second-order valence-corrected chi connectivity index (χ2v) is 3.88. The van der Waals surface area contributed by atoms with E-state index in [9.17, 15) is 14.0 Å². The fourth-order valence-electron chi connectivity index (χ4n) is 1.66. The highest BCUT2D eigenvalue weighted by Gasteiger charge is 2.27. The van der Waals surface area contributed by atoms with Crippen molar-refractivity contribution in [1.29, 1.82) is 0 Å². The lowest BCUT2D eigenvalue weighted by Gasteiger charge is -2.11. The molecule has 1 aliphatic heterocycles. The van der Waals surface area contributed by atoms with Crippen LogP contribution in [0.1, 0.15) is 12.8 Å². The lowest BCUT2D eigenvalue weighted by atomic mass is 10.2. The number of rotatable bonds is 2. The molecule has 1 aromatic carbocycles. The molecule has 4 N–H and O–H groups in total. The Morgan fingerprint density at radius 1 is 1.53 bits per heavy atom. The van der Waals surface area contributed by atoms with E-state index >= 15 is 0 Å². The van der Waals surface area contributed by atoms with Gasteiger partial charge in [0.2, 0.25) is 11.8 Å². The van der Waals surface area contributed by atoms with Crippen LogP contribution in [-0.4, -0.2) is 17.9 Å². The average Bonchev–Trinajstić information content (AvgIpc) is 2.70. The predicted octanol–water partition coefficient (Wildman–Crippen LogP) is 0.625. The van der Waals surface area contributed by atoms with Gasteiger partial charge in [0.1, 0.15) is 11.9 Å². The molecule has 0 saturated carbocycles. The minimum atomic E-state index is -0.530. The zero-order chi connectivity index (χ0) is 12.4. The molecule has 0 unspecified atom stereocenters. The quantitative estimate of drug-likeness (QED) is 0.659. The van der Waals surface area contributed by atoms with Crippen LogP contribution < -0.4 is 16.4 Å². The second kappa shape index (κ2) is 4.40. The molecule has 2 amide bonds. The van der Waals surface area contributed by atoms with Crippen LogP contribution in [0.3, 0.4) is 0 Å². The maximum absolute atomic E-state index is 12.9. The monoisotopic (exact) mass is 237 g/mol. The summed E-state index contributed by atoms with van der Waals surface area (Å²) in [5, 5.41) is 5.12. The van der Waals surface area contributed by atoms with Crippen LogP contribution in [0, 0.1) is 5.82 Å². The molecule has 1 fully saturated rings. The number of nitrogen functional groups attached to an aromatic ring is 1. The minimum Gasteiger partial charge on any atom is -0.396 e. The second-order valence-electron chi connectivity index (χ2n) is 3.88. The van der Waals surface area contributed by atoms with Crippen molar-refractivity contribution >= 4 is 23.2 Å². The Bertz CT molecular complexity index is 476. The number of carbonyl (C=O) groups excluding carboxylic acids is 2. The minimum absolute atomic E-state index is 0.0294. The van der Waals surface area contributed by atoms with Gasteiger partial charge in [0.25, 0.3) is 0 Å². The first-order valence-electron chi connectivity index (χ1n) is 5.21. The summed E-state index contributed by atoms with van der Waals surface area (Å²) in [6.07, 6.45) is 0.824. The number of nitrogens with one attached hydrogen (secondary N) is 2. The third kappa shape index (κ3) is 2.52. The van der Waals surface area contributed by atoms with Crippen molar-refractivity contribution in [2.45, 2.75) is 18.9 Å². The van der Waals surface area contributed by atoms with Gasteiger partial charge in [-0.25, -0.2) is 4.39 Å². The number of anilines is 2. The van der Waals surface area contributed by atoms with Crippen LogP contribution in [0.25, 0.3) is 0 Å². The molecule has 0 aliphatic carbocycles. The summed E-state index contributed by atoms with van der Waals surface area (Å²) in [7, 11) is 0. The van der Waals surface area contributed by atoms with Crippen molar-refractivity contribution in [3.8, 4) is 0 Å². The Morgan fingerprint density at radius 2 is 2.29 bits per heavy atom. The van der Waals surface area contributed by atoms with Crippen molar-refractivity contribution in [2.24, 2.45) is 0 Å². The molecule has 0 radical (unpaired) electrons. The molecule has 2 rings (SSSR count). The molecular formula is C11H12FN3O2. The normalized spacial score (nSPS) is 18.9. The first-order valence-corrected chi connectivity index (χ1v) is 5.21. The van der Waals surface area contributed by atoms with Crippen molar-refractivity contribution < 1.29 is 14.0 Å². The zero-order valence-corrected chi connectivity index (χ0v) is 9.00. The summed E-state index contributed by atoms with van der Waals surface area (Å²) in [5.41, 5.74) is 5.76. The Morgan fingerprint density at radius 3 is 2.88 bits per heavy atom. The van der Waals surface area contributed by atoms with E-state index in [0.717, 1.165) is 0 Å². The summed E-state index contributed by atoms with van der Waals surface area (Å²) >= 11 is 0. The molecule has 5 nitrogen and oxygen atoms in total. The van der Waals surface area contributed by atoms with Crippen molar-refractivity contribution in [3.63, 3.8) is 0 Å². The Kier molecular flexibility index (Phi) is 2.95. The molecule has 1 aromatic rings. The summed E-state index contributed by atoms with van der Waals surface area (Å²) < 4.78 is 12.9. The molecule has 17 heavy (non-hydrogen) atoms. The molecule has 90 valence electrons. The first-order chi connectivity index (χ1) is 8.06. The number of halogens is 1. The molecule has 0 aromatic heterocycles. The standard InChI is InChI=1S/C11H12FN3O2/c12-7-2-1-6(5-8(7)13)14-11(17)9-3-4-10(16)15-9/h1-2,5,9H,3-4,13H2,(H,14,17)(H,15,16)/t9-/m0/s1. The lowest BCUT2D eigenvalue weighted by molar-refractivity contribution is -0.122. The van der Waals surface area contributed by atoms with E-state index in [2.05, 4.69) is 10.6 Å². The van der Waals surface area contributed by atoms with Crippen LogP contribution >= 0.6 is 0 Å². The van der Waals surface area contributed by atoms with E-state index < -0.39 is 11.9 Å². The van der Waals surface area contributed by atoms with E-state index in [1.807, 2.05) is 0 Å². The zero-order valence-electron chi connectivity index (χ0n) is 9.00. The van der Waals surface area contributed by atoms with Gasteiger partial charge in [-0.1, -0.05) is 0 Å². The molecule has 0 bridgehead atoms. The van der Waals surface area contributed by atoms with Gasteiger partial charge in [-0.2, -0.15) is 0 Å². The van der Waals surface area contributed by atoms with E-state index in [1.165, 1.54) is 18.2 Å². The van der Waals surface area contributed by atoms with Crippen LogP contribution in [0.5, 0.6) is 0 Å². The predicted molar refractivity (Wildman–Crippen MR) is 60.6 cm³/mol. The van der Waals surface area contributed by atoms with E-state index in [4.69, 9.17) is 5.73 Å². The number of hydrogen-bond acceptors (Lipinski definition) is 3. The largest absolute Gasteiger partial charge is 0.396 e. The van der Waals surface area contributed by atoms with Crippen LogP contribution in [0.15, 0.2) is 18.2 Å². The first kappa shape index (κ1) is 11.4. The maximum Gasteiger partial charge on any atom is 0.246 e. The number of carbonyl (C=O) groups is 2. The van der Waals surface area contributed by atoms with Gasteiger partial charge < -0.3 is 16.4 Å². The topological polar surface area (TPSA) is 84.2 Å². The molecular weight excluding hydrogens is 225 g/mol. The smallest absolute Gasteiger partial charge is 0.246 e. The van der Waals surface area contributed by atoms with Crippen molar-refractivity contribution in [2.75, 3.05) is 11.1 Å². The molecule has 0 spiro atoms. The summed E-state index contributed by atoms with van der Waals surface area (Å²) in [4.78, 5) is 22.6. The van der Waals surface area contributed by atoms with Gasteiger partial charge in [-0.05, 0) is 24.6 Å². The van der Waals surface area contributed by atoms with Gasteiger partial charge in [0.05, 0.1) is 5.69 Å². The highest BCUT2D eigenvalue weighted by Crippen LogP contribution is 2.17. The van der Waals surface area contributed by atoms with Crippen LogP contribution in [-0.2, 0) is 9.59 Å². The van der Waals surface area contributed by atoms with E-state index in [0.29, 0.717) is 18.5 Å². The van der Waals surface area contributed by atoms with E-state index in [1.54, 1.807) is 0 Å². The van der Waals surface area contributed by atoms with Crippen molar-refractivity contribution in [3.05, 3.63) is 24.0 Å². The van der Waals surface area contributed by atoms with Gasteiger partial charge >= 0.3 is 0 Å². The van der Waals surface area contributed by atoms with Gasteiger partial charge in [0, 0.05) is 12.1 Å². The highest BCUT2D eigenvalue weighted by atomic mass is 19.1. The molecule has 1 atom stereocenters. The van der Waals surface area contributed by atoms with Gasteiger partial charge in [0.15, 0.2) is 0 Å². The Hall–Kier alpha value is -2.11. The molecule has 1 heterocycles. The van der Waals surface area contributed by atoms with Crippen LogP contribution in [0.4, 0.5) is 15.8 Å². The van der Waals surface area contributed by atoms with E-state index in [-0.39, 0.29) is 17.5 Å². The highest BCUT2D eigenvalue weighted by molar-refractivity contribution is 5.99. The van der Waals surface area contributed by atoms with Crippen molar-refractivity contribution in [1.82, 2.24) is 5.32 Å². The SMILES string of the molecule is Nc1cc(NC(=O)[C@@H]2CCC(=O)N2)ccc1F. The average molecular weight is 237 g/mol. The molecule has 1 saturated heterocycles. The number of nitrogens with two attached hydrogens (primary N) is 1. The van der Waals surface area contributed by atoms with Gasteiger partial charge in [-0.3, -0.25) is 9.59 Å².